The number of rotatable bonds is 7. The maximum atomic E-state index is 15.2. The molecule has 1 aliphatic rings. The predicted octanol–water partition coefficient (Wildman–Crippen LogP) is 5.18. The molecule has 218 valence electrons. The number of amides is 2. The van der Waals surface area contributed by atoms with E-state index in [9.17, 15) is 9.59 Å². The Labute approximate surface area is 248 Å². The summed E-state index contributed by atoms with van der Waals surface area (Å²) >= 11 is 0. The Hall–Kier alpha value is -3.68. The zero-order chi connectivity index (χ0) is 30.3. The van der Waals surface area contributed by atoms with Crippen molar-refractivity contribution in [3.8, 4) is 11.3 Å². The number of halogens is 1. The molecule has 0 bridgehead atoms. The molecule has 3 aromatic heterocycles. The average Bonchev–Trinajstić information content (AvgIpc) is 3.56. The number of nitrogens with zero attached hydrogens (tertiary/aromatic N) is 7. The third kappa shape index (κ3) is 5.68. The fraction of sp³-hybridized carbons (Fsp3) is 0.345. The lowest BCUT2D eigenvalue weighted by Crippen LogP contribution is -2.28. The van der Waals surface area contributed by atoms with Crippen molar-refractivity contribution < 1.29 is 14.0 Å². The second kappa shape index (κ2) is 11.9. The van der Waals surface area contributed by atoms with Gasteiger partial charge in [0.15, 0.2) is 5.82 Å². The van der Waals surface area contributed by atoms with Crippen molar-refractivity contribution >= 4 is 41.8 Å². The largest absolute Gasteiger partial charge is 0.318 e. The minimum Gasteiger partial charge on any atom is -0.318 e. The summed E-state index contributed by atoms with van der Waals surface area (Å²) in [7, 11) is 5.26. The second-order valence-electron chi connectivity index (χ2n) is 10.6. The molecule has 5 rings (SSSR count). The molecule has 1 N–H and O–H groups in total. The van der Waals surface area contributed by atoms with Crippen molar-refractivity contribution in [1.29, 1.82) is 0 Å². The Morgan fingerprint density at radius 1 is 1.10 bits per heavy atom. The first-order valence-electron chi connectivity index (χ1n) is 13.6. The molecule has 4 heterocycles. The van der Waals surface area contributed by atoms with Gasteiger partial charge >= 0.3 is 0 Å². The van der Waals surface area contributed by atoms with Gasteiger partial charge in [0, 0.05) is 29.6 Å². The van der Waals surface area contributed by atoms with Crippen molar-refractivity contribution in [2.45, 2.75) is 52.5 Å². The highest BCUT2D eigenvalue weighted by Gasteiger charge is 2.31. The Balaban J connectivity index is 1.35. The molecule has 10 nitrogen and oxygen atoms in total. The number of aryl methyl sites for hydroxylation is 3. The maximum Gasteiger partial charge on any atom is 0.276 e. The average molecular weight is 607 g/mol. The quantitative estimate of drug-likeness (QED) is 0.288. The lowest BCUT2D eigenvalue weighted by Gasteiger charge is -2.19. The Kier molecular flexibility index (Phi) is 8.44. The molecule has 2 amide bonds. The van der Waals surface area contributed by atoms with Crippen LogP contribution in [0.3, 0.4) is 0 Å². The zero-order valence-corrected chi connectivity index (χ0v) is 26.4. The minimum absolute atomic E-state index is 0.0147. The third-order valence-corrected chi connectivity index (χ3v) is 8.22. The van der Waals surface area contributed by atoms with Crippen LogP contribution in [0.1, 0.15) is 70.4 Å². The van der Waals surface area contributed by atoms with Crippen molar-refractivity contribution in [2.75, 3.05) is 16.8 Å². The van der Waals surface area contributed by atoms with Crippen LogP contribution >= 0.6 is 18.5 Å². The summed E-state index contributed by atoms with van der Waals surface area (Å²) in [6.07, 6.45) is 7.16. The van der Waals surface area contributed by atoms with Gasteiger partial charge < -0.3 is 5.32 Å². The van der Waals surface area contributed by atoms with E-state index in [-0.39, 0.29) is 34.7 Å². The van der Waals surface area contributed by atoms with Crippen LogP contribution in [0, 0.1) is 32.5 Å². The Morgan fingerprint density at radius 3 is 2.52 bits per heavy atom. The van der Waals surface area contributed by atoms with E-state index in [1.165, 1.54) is 12.4 Å². The number of anilines is 2. The Morgan fingerprint density at radius 2 is 1.86 bits per heavy atom. The van der Waals surface area contributed by atoms with E-state index in [2.05, 4.69) is 43.8 Å². The van der Waals surface area contributed by atoms with Gasteiger partial charge in [0.2, 0.25) is 5.91 Å². The molecule has 0 radical (unpaired) electrons. The van der Waals surface area contributed by atoms with Crippen LogP contribution < -0.4 is 10.2 Å². The molecule has 4 atom stereocenters. The van der Waals surface area contributed by atoms with Gasteiger partial charge in [-0.05, 0) is 45.2 Å². The molecule has 1 fully saturated rings. The molecule has 42 heavy (non-hydrogen) atoms. The van der Waals surface area contributed by atoms with E-state index >= 15 is 4.39 Å². The highest BCUT2D eigenvalue weighted by atomic mass is 31.1. The van der Waals surface area contributed by atoms with Gasteiger partial charge in [-0.15, -0.1) is 18.5 Å². The highest BCUT2D eigenvalue weighted by molar-refractivity contribution is 7.37. The SMILES string of the molecule is Cc1ccc(C(P)P)c(-c2cnc(C)c(C(=O)Nc3cnn(C(C)c4cnc(N5CC[C@@H](C)C5=O)c(C)n4)c3)n2)c1F. The first kappa shape index (κ1) is 29.8. The van der Waals surface area contributed by atoms with Crippen molar-refractivity contribution in [1.82, 2.24) is 29.7 Å². The molecule has 1 saturated heterocycles. The lowest BCUT2D eigenvalue weighted by atomic mass is 10.0. The normalized spacial score (nSPS) is 15.9. The molecule has 13 heteroatoms. The lowest BCUT2D eigenvalue weighted by molar-refractivity contribution is -0.119. The van der Waals surface area contributed by atoms with E-state index in [1.807, 2.05) is 26.8 Å². The van der Waals surface area contributed by atoms with E-state index < -0.39 is 11.7 Å². The van der Waals surface area contributed by atoms with Gasteiger partial charge in [-0.25, -0.2) is 14.4 Å². The molecule has 4 aromatic rings. The molecule has 3 unspecified atom stereocenters. The molecular weight excluding hydrogens is 573 g/mol. The number of benzene rings is 1. The monoisotopic (exact) mass is 606 g/mol. The maximum absolute atomic E-state index is 15.2. The molecular formula is C29H33FN8O2P2. The molecule has 0 saturated carbocycles. The van der Waals surface area contributed by atoms with Gasteiger partial charge in [-0.3, -0.25) is 29.1 Å². The van der Waals surface area contributed by atoms with Gasteiger partial charge in [-0.2, -0.15) is 5.10 Å². The first-order valence-corrected chi connectivity index (χ1v) is 14.9. The summed E-state index contributed by atoms with van der Waals surface area (Å²) < 4.78 is 16.9. The number of nitrogens with one attached hydrogen (secondary N) is 1. The van der Waals surface area contributed by atoms with Crippen LogP contribution in [0.4, 0.5) is 15.9 Å². The number of carbonyl (C=O) groups is 2. The smallest absolute Gasteiger partial charge is 0.276 e. The minimum atomic E-state index is -0.485. The first-order chi connectivity index (χ1) is 20.0. The van der Waals surface area contributed by atoms with Gasteiger partial charge in [0.1, 0.15) is 11.5 Å². The number of hydrogen-bond acceptors (Lipinski definition) is 7. The van der Waals surface area contributed by atoms with Gasteiger partial charge in [0.25, 0.3) is 5.91 Å². The number of carbonyl (C=O) groups excluding carboxylic acids is 2. The van der Waals surface area contributed by atoms with Crippen LogP contribution in [-0.2, 0) is 4.79 Å². The van der Waals surface area contributed by atoms with E-state index in [0.29, 0.717) is 46.3 Å². The summed E-state index contributed by atoms with van der Waals surface area (Å²) in [5.74, 6) is -0.250. The third-order valence-electron chi connectivity index (χ3n) is 7.51. The summed E-state index contributed by atoms with van der Waals surface area (Å²) in [5.41, 5.74) is 4.09. The molecule has 1 aromatic carbocycles. The fourth-order valence-corrected chi connectivity index (χ4v) is 5.51. The summed E-state index contributed by atoms with van der Waals surface area (Å²) in [4.78, 5) is 45.6. The summed E-state index contributed by atoms with van der Waals surface area (Å²) in [6.45, 7) is 9.68. The van der Waals surface area contributed by atoms with Gasteiger partial charge in [0.05, 0.1) is 53.1 Å². The topological polar surface area (TPSA) is 119 Å². The van der Waals surface area contributed by atoms with E-state index in [1.54, 1.807) is 41.9 Å². The highest BCUT2D eigenvalue weighted by Crippen LogP contribution is 2.39. The number of aromatic nitrogens is 6. The van der Waals surface area contributed by atoms with Crippen LogP contribution in [0.25, 0.3) is 11.3 Å². The van der Waals surface area contributed by atoms with Crippen molar-refractivity contribution in [3.05, 3.63) is 76.6 Å². The van der Waals surface area contributed by atoms with Crippen LogP contribution in [0.15, 0.2) is 36.9 Å². The summed E-state index contributed by atoms with van der Waals surface area (Å²) in [5, 5.41) is 7.13. The molecule has 0 aliphatic carbocycles. The Bertz CT molecular complexity index is 1690. The van der Waals surface area contributed by atoms with E-state index in [4.69, 9.17) is 4.98 Å². The standard InChI is InChI=1S/C29H33FN8O2P2/c1-14-6-7-20(29(41)42)23(24(14)30)22-12-31-16(3)25(36-22)27(39)35-19-10-33-38(13-19)18(5)21-11-32-26(17(4)34-21)37-9-8-15(2)28(37)40/h6-7,10-13,15,18,29H,8-9,41-42H2,1-5H3,(H,35,39)/t15-,18?/m1/s1. The van der Waals surface area contributed by atoms with Crippen LogP contribution in [0.5, 0.6) is 0 Å². The summed E-state index contributed by atoms with van der Waals surface area (Å²) in [6, 6.07) is 3.28. The van der Waals surface area contributed by atoms with Gasteiger partial charge in [-0.1, -0.05) is 19.1 Å². The van der Waals surface area contributed by atoms with Crippen molar-refractivity contribution in [2.24, 2.45) is 5.92 Å². The fourth-order valence-electron chi connectivity index (χ4n) is 4.95. The number of hydrogen-bond donors (Lipinski definition) is 1. The molecule has 0 spiro atoms. The predicted molar refractivity (Wildman–Crippen MR) is 166 cm³/mol. The molecule has 1 aliphatic heterocycles. The van der Waals surface area contributed by atoms with Crippen molar-refractivity contribution in [3.63, 3.8) is 0 Å². The zero-order valence-electron chi connectivity index (χ0n) is 24.1. The second-order valence-corrected chi connectivity index (χ2v) is 12.8. The van der Waals surface area contributed by atoms with E-state index in [0.717, 1.165) is 12.0 Å². The van der Waals surface area contributed by atoms with Crippen LogP contribution in [0.2, 0.25) is 0 Å². The van der Waals surface area contributed by atoms with Crippen LogP contribution in [-0.4, -0.2) is 48.1 Å².